The zero-order valence-electron chi connectivity index (χ0n) is 20.6. The van der Waals surface area contributed by atoms with Crippen molar-refractivity contribution >= 4 is 22.7 Å². The van der Waals surface area contributed by atoms with Gasteiger partial charge in [-0.2, -0.15) is 0 Å². The highest BCUT2D eigenvalue weighted by atomic mass is 16.3. The standard InChI is InChI=1S/C27H33N7O/c1-19(2)34-26(21-6-8-22(9-7-21)33-16-14-32(3)15-17-33)31-24-25(29-18-30-27(24)34)28-13-12-20-4-10-23(35)11-5-20/h4-11,18-19,35H,12-17H2,1-3H3,(H,28,29,30). The number of hydrogen-bond donors (Lipinski definition) is 2. The van der Waals surface area contributed by atoms with Gasteiger partial charge in [0.05, 0.1) is 0 Å². The van der Waals surface area contributed by atoms with E-state index >= 15 is 0 Å². The lowest BCUT2D eigenvalue weighted by atomic mass is 10.1. The first-order valence-electron chi connectivity index (χ1n) is 12.3. The number of benzene rings is 2. The number of piperazine rings is 1. The molecule has 0 atom stereocenters. The van der Waals surface area contributed by atoms with Crippen LogP contribution >= 0.6 is 0 Å². The lowest BCUT2D eigenvalue weighted by Gasteiger charge is -2.34. The van der Waals surface area contributed by atoms with Gasteiger partial charge < -0.3 is 24.8 Å². The van der Waals surface area contributed by atoms with Crippen molar-refractivity contribution in [1.29, 1.82) is 0 Å². The van der Waals surface area contributed by atoms with Crippen LogP contribution in [-0.4, -0.2) is 69.3 Å². The van der Waals surface area contributed by atoms with Crippen LogP contribution in [0.25, 0.3) is 22.6 Å². The molecule has 0 spiro atoms. The molecule has 1 fully saturated rings. The van der Waals surface area contributed by atoms with Gasteiger partial charge in [0.2, 0.25) is 0 Å². The molecule has 8 heteroatoms. The predicted molar refractivity (Wildman–Crippen MR) is 141 cm³/mol. The molecule has 0 bridgehead atoms. The van der Waals surface area contributed by atoms with Crippen LogP contribution in [-0.2, 0) is 6.42 Å². The first-order valence-corrected chi connectivity index (χ1v) is 12.3. The number of anilines is 2. The van der Waals surface area contributed by atoms with Crippen LogP contribution in [0.3, 0.4) is 0 Å². The van der Waals surface area contributed by atoms with E-state index in [0.29, 0.717) is 6.54 Å². The van der Waals surface area contributed by atoms with E-state index in [9.17, 15) is 5.11 Å². The molecule has 2 aromatic carbocycles. The monoisotopic (exact) mass is 471 g/mol. The van der Waals surface area contributed by atoms with Gasteiger partial charge in [-0.15, -0.1) is 0 Å². The quantitative estimate of drug-likeness (QED) is 0.418. The highest BCUT2D eigenvalue weighted by Gasteiger charge is 2.20. The Morgan fingerprint density at radius 1 is 0.943 bits per heavy atom. The molecule has 35 heavy (non-hydrogen) atoms. The number of phenols is 1. The summed E-state index contributed by atoms with van der Waals surface area (Å²) in [6.07, 6.45) is 2.42. The molecule has 2 N–H and O–H groups in total. The lowest BCUT2D eigenvalue weighted by Crippen LogP contribution is -2.44. The van der Waals surface area contributed by atoms with Crippen molar-refractivity contribution in [2.75, 3.05) is 50.0 Å². The zero-order chi connectivity index (χ0) is 24.4. The lowest BCUT2D eigenvalue weighted by molar-refractivity contribution is 0.313. The molecular weight excluding hydrogens is 438 g/mol. The minimum Gasteiger partial charge on any atom is -0.508 e. The molecule has 4 aromatic rings. The number of imidazole rings is 1. The van der Waals surface area contributed by atoms with Crippen molar-refractivity contribution in [3.63, 3.8) is 0 Å². The van der Waals surface area contributed by atoms with E-state index < -0.39 is 0 Å². The molecule has 0 aliphatic carbocycles. The van der Waals surface area contributed by atoms with Gasteiger partial charge >= 0.3 is 0 Å². The number of likely N-dealkylation sites (N-methyl/N-ethyl adjacent to an activating group) is 1. The van der Waals surface area contributed by atoms with Crippen LogP contribution < -0.4 is 10.2 Å². The van der Waals surface area contributed by atoms with E-state index in [-0.39, 0.29) is 11.8 Å². The molecule has 1 aliphatic heterocycles. The van der Waals surface area contributed by atoms with Crippen molar-refractivity contribution in [2.24, 2.45) is 0 Å². The molecule has 5 rings (SSSR count). The maximum absolute atomic E-state index is 9.49. The Kier molecular flexibility index (Phi) is 6.55. The van der Waals surface area contributed by atoms with Gasteiger partial charge in [0.25, 0.3) is 0 Å². The second-order valence-corrected chi connectivity index (χ2v) is 9.47. The molecule has 0 saturated carbocycles. The molecule has 0 amide bonds. The summed E-state index contributed by atoms with van der Waals surface area (Å²) >= 11 is 0. The van der Waals surface area contributed by atoms with Gasteiger partial charge in [0, 0.05) is 50.0 Å². The summed E-state index contributed by atoms with van der Waals surface area (Å²) in [6, 6.07) is 16.2. The number of fused-ring (bicyclic) bond motifs is 1. The Labute approximate surface area is 206 Å². The summed E-state index contributed by atoms with van der Waals surface area (Å²) in [5.74, 6) is 1.92. The fourth-order valence-corrected chi connectivity index (χ4v) is 4.60. The first kappa shape index (κ1) is 23.1. The maximum Gasteiger partial charge on any atom is 0.166 e. The van der Waals surface area contributed by atoms with Crippen LogP contribution in [0.4, 0.5) is 11.5 Å². The summed E-state index contributed by atoms with van der Waals surface area (Å²) < 4.78 is 2.19. The smallest absolute Gasteiger partial charge is 0.166 e. The maximum atomic E-state index is 9.49. The second kappa shape index (κ2) is 9.92. The highest BCUT2D eigenvalue weighted by molar-refractivity contribution is 5.86. The Morgan fingerprint density at radius 2 is 1.66 bits per heavy atom. The Hall–Kier alpha value is -3.65. The number of nitrogens with zero attached hydrogens (tertiary/aromatic N) is 6. The molecule has 2 aromatic heterocycles. The van der Waals surface area contributed by atoms with E-state index in [0.717, 1.165) is 66.5 Å². The fourth-order valence-electron chi connectivity index (χ4n) is 4.60. The fraction of sp³-hybridized carbons (Fsp3) is 0.370. The first-order chi connectivity index (χ1) is 17.0. The van der Waals surface area contributed by atoms with Gasteiger partial charge in [0.15, 0.2) is 17.0 Å². The SMILES string of the molecule is CC(C)n1c(-c2ccc(N3CCN(C)CC3)cc2)nc2c(NCCc3ccc(O)cc3)ncnc21. The molecule has 182 valence electrons. The van der Waals surface area contributed by atoms with Crippen LogP contribution in [0.5, 0.6) is 5.75 Å². The van der Waals surface area contributed by atoms with Gasteiger partial charge in [-0.3, -0.25) is 0 Å². The van der Waals surface area contributed by atoms with Gasteiger partial charge in [-0.1, -0.05) is 12.1 Å². The topological polar surface area (TPSA) is 82.3 Å². The molecule has 3 heterocycles. The average Bonchev–Trinajstić information content (AvgIpc) is 3.27. The number of aromatic hydroxyl groups is 1. The summed E-state index contributed by atoms with van der Waals surface area (Å²) in [7, 11) is 2.18. The van der Waals surface area contributed by atoms with E-state index in [1.807, 2.05) is 12.1 Å². The van der Waals surface area contributed by atoms with Gasteiger partial charge in [-0.25, -0.2) is 15.0 Å². The molecular formula is C27H33N7O. The van der Waals surface area contributed by atoms with E-state index in [1.54, 1.807) is 18.5 Å². The van der Waals surface area contributed by atoms with Crippen LogP contribution in [0.2, 0.25) is 0 Å². The Balaban J connectivity index is 1.40. The van der Waals surface area contributed by atoms with Crippen molar-refractivity contribution < 1.29 is 5.11 Å². The normalized spacial score (nSPS) is 14.7. The van der Waals surface area contributed by atoms with Crippen LogP contribution in [0, 0.1) is 0 Å². The minimum atomic E-state index is 0.201. The van der Waals surface area contributed by atoms with Gasteiger partial charge in [-0.05, 0) is 69.3 Å². The van der Waals surface area contributed by atoms with Gasteiger partial charge in [0.1, 0.15) is 17.9 Å². The molecule has 1 saturated heterocycles. The number of phenolic OH excluding ortho intramolecular Hbond substituents is 1. The Bertz CT molecular complexity index is 1270. The third-order valence-electron chi connectivity index (χ3n) is 6.63. The van der Waals surface area contributed by atoms with Crippen LogP contribution in [0.1, 0.15) is 25.5 Å². The van der Waals surface area contributed by atoms with E-state index in [2.05, 4.69) is 74.8 Å². The highest BCUT2D eigenvalue weighted by Crippen LogP contribution is 2.31. The second-order valence-electron chi connectivity index (χ2n) is 9.47. The summed E-state index contributed by atoms with van der Waals surface area (Å²) in [4.78, 5) is 18.9. The summed E-state index contributed by atoms with van der Waals surface area (Å²) in [6.45, 7) is 9.30. The minimum absolute atomic E-state index is 0.201. The third kappa shape index (κ3) is 4.93. The van der Waals surface area contributed by atoms with E-state index in [1.165, 1.54) is 5.69 Å². The van der Waals surface area contributed by atoms with E-state index in [4.69, 9.17) is 4.98 Å². The molecule has 1 aliphatic rings. The van der Waals surface area contributed by atoms with Crippen molar-refractivity contribution in [3.05, 3.63) is 60.4 Å². The molecule has 8 nitrogen and oxygen atoms in total. The van der Waals surface area contributed by atoms with Crippen molar-refractivity contribution in [2.45, 2.75) is 26.3 Å². The third-order valence-corrected chi connectivity index (χ3v) is 6.63. The zero-order valence-corrected chi connectivity index (χ0v) is 20.6. The summed E-state index contributed by atoms with van der Waals surface area (Å²) in [5.41, 5.74) is 5.09. The number of hydrogen-bond acceptors (Lipinski definition) is 7. The number of nitrogens with one attached hydrogen (secondary N) is 1. The number of aromatic nitrogens is 4. The average molecular weight is 472 g/mol. The van der Waals surface area contributed by atoms with Crippen molar-refractivity contribution in [3.8, 4) is 17.1 Å². The molecule has 0 unspecified atom stereocenters. The molecule has 0 radical (unpaired) electrons. The Morgan fingerprint density at radius 3 is 2.34 bits per heavy atom. The van der Waals surface area contributed by atoms with Crippen LogP contribution in [0.15, 0.2) is 54.9 Å². The van der Waals surface area contributed by atoms with Crippen molar-refractivity contribution in [1.82, 2.24) is 24.4 Å². The number of rotatable bonds is 7. The largest absolute Gasteiger partial charge is 0.508 e. The summed E-state index contributed by atoms with van der Waals surface area (Å²) in [5, 5.41) is 12.9. The predicted octanol–water partition coefficient (Wildman–Crippen LogP) is 4.19.